The maximum atomic E-state index is 11.6. The van der Waals surface area contributed by atoms with Crippen molar-refractivity contribution in [2.24, 2.45) is 5.92 Å². The predicted octanol–water partition coefficient (Wildman–Crippen LogP) is 0.211. The second-order valence-corrected chi connectivity index (χ2v) is 5.05. The van der Waals surface area contributed by atoms with Crippen LogP contribution in [0.1, 0.15) is 13.8 Å². The summed E-state index contributed by atoms with van der Waals surface area (Å²) in [6.07, 6.45) is 0. The lowest BCUT2D eigenvalue weighted by Gasteiger charge is -2.26. The largest absolute Gasteiger partial charge is 0.314 e. The highest BCUT2D eigenvalue weighted by molar-refractivity contribution is 7.82. The van der Waals surface area contributed by atoms with Crippen molar-refractivity contribution in [1.29, 1.82) is 0 Å². The normalized spacial score (nSPS) is 22.9. The Morgan fingerprint density at radius 2 is 2.00 bits per heavy atom. The highest BCUT2D eigenvalue weighted by Gasteiger charge is 2.16. The Balaban J connectivity index is 2.30. The smallest absolute Gasteiger partial charge is 0.0946 e. The fraction of sp³-hybridized carbons (Fsp3) is 1.00. The van der Waals surface area contributed by atoms with Gasteiger partial charge in [0.1, 0.15) is 0 Å². The summed E-state index contributed by atoms with van der Waals surface area (Å²) in [5, 5.41) is 3.25. The van der Waals surface area contributed by atoms with Crippen LogP contribution in [0.5, 0.6) is 0 Å². The molecule has 1 atom stereocenters. The average Bonchev–Trinajstić information content (AvgIpc) is 2.05. The molecule has 0 amide bonds. The lowest BCUT2D eigenvalue weighted by atomic mass is 10.3. The summed E-state index contributed by atoms with van der Waals surface area (Å²) < 4.78 is 13.7. The molecular formula is C8H18N2OS. The van der Waals surface area contributed by atoms with E-state index in [-0.39, 0.29) is 0 Å². The Hall–Kier alpha value is 0.0700. The van der Waals surface area contributed by atoms with E-state index in [1.807, 2.05) is 0 Å². The van der Waals surface area contributed by atoms with Crippen LogP contribution in [-0.2, 0) is 11.0 Å². The van der Waals surface area contributed by atoms with Crippen LogP contribution < -0.4 is 5.32 Å². The van der Waals surface area contributed by atoms with Gasteiger partial charge < -0.3 is 5.32 Å². The summed E-state index contributed by atoms with van der Waals surface area (Å²) in [6.45, 7) is 8.03. The molecule has 72 valence electrons. The number of hydrogen-bond acceptors (Lipinski definition) is 2. The minimum absolute atomic E-state index is 0.528. The fourth-order valence-electron chi connectivity index (χ4n) is 1.24. The number of nitrogens with zero attached hydrogens (tertiary/aromatic N) is 1. The van der Waals surface area contributed by atoms with Gasteiger partial charge in [0.25, 0.3) is 0 Å². The third-order valence-corrected chi connectivity index (χ3v) is 3.73. The van der Waals surface area contributed by atoms with Crippen LogP contribution in [0.3, 0.4) is 0 Å². The highest BCUT2D eigenvalue weighted by atomic mass is 32.2. The SMILES string of the molecule is CC(C)CS(=O)N1CCNCC1. The summed E-state index contributed by atoms with van der Waals surface area (Å²) in [6, 6.07) is 0. The van der Waals surface area contributed by atoms with Crippen molar-refractivity contribution in [3.05, 3.63) is 0 Å². The molecule has 0 spiro atoms. The number of rotatable bonds is 3. The molecular weight excluding hydrogens is 172 g/mol. The molecule has 1 fully saturated rings. The van der Waals surface area contributed by atoms with Gasteiger partial charge in [-0.05, 0) is 5.92 Å². The number of piperazine rings is 1. The highest BCUT2D eigenvalue weighted by Crippen LogP contribution is 2.03. The Bertz CT molecular complexity index is 155. The zero-order valence-corrected chi connectivity index (χ0v) is 8.69. The zero-order valence-electron chi connectivity index (χ0n) is 7.88. The topological polar surface area (TPSA) is 32.3 Å². The standard InChI is InChI=1S/C8H18N2OS/c1-8(2)7-12(11)10-5-3-9-4-6-10/h8-9H,3-7H2,1-2H3. The molecule has 0 aromatic rings. The molecule has 0 aromatic carbocycles. The van der Waals surface area contributed by atoms with Crippen LogP contribution in [0.2, 0.25) is 0 Å². The van der Waals surface area contributed by atoms with Crippen LogP contribution in [0.4, 0.5) is 0 Å². The Morgan fingerprint density at radius 1 is 1.42 bits per heavy atom. The van der Waals surface area contributed by atoms with E-state index < -0.39 is 11.0 Å². The summed E-state index contributed by atoms with van der Waals surface area (Å²) in [5.74, 6) is 1.33. The van der Waals surface area contributed by atoms with Crippen LogP contribution >= 0.6 is 0 Å². The van der Waals surface area contributed by atoms with Crippen molar-refractivity contribution in [2.45, 2.75) is 13.8 Å². The van der Waals surface area contributed by atoms with E-state index >= 15 is 0 Å². The number of hydrogen-bond donors (Lipinski definition) is 1. The molecule has 1 N–H and O–H groups in total. The van der Waals surface area contributed by atoms with Crippen molar-refractivity contribution >= 4 is 11.0 Å². The molecule has 1 unspecified atom stereocenters. The van der Waals surface area contributed by atoms with Crippen LogP contribution in [0.15, 0.2) is 0 Å². The van der Waals surface area contributed by atoms with Gasteiger partial charge in [0, 0.05) is 31.9 Å². The second kappa shape index (κ2) is 4.94. The van der Waals surface area contributed by atoms with Crippen molar-refractivity contribution in [2.75, 3.05) is 31.9 Å². The van der Waals surface area contributed by atoms with Crippen LogP contribution in [-0.4, -0.2) is 40.4 Å². The molecule has 12 heavy (non-hydrogen) atoms. The molecule has 0 aliphatic carbocycles. The summed E-state index contributed by atoms with van der Waals surface area (Å²) >= 11 is 0. The van der Waals surface area contributed by atoms with Crippen LogP contribution in [0.25, 0.3) is 0 Å². The molecule has 0 radical (unpaired) electrons. The Labute approximate surface area is 77.1 Å². The quantitative estimate of drug-likeness (QED) is 0.690. The first-order chi connectivity index (χ1) is 5.70. The molecule has 3 nitrogen and oxygen atoms in total. The lowest BCUT2D eigenvalue weighted by molar-refractivity contribution is 0.379. The number of nitrogens with one attached hydrogen (secondary N) is 1. The molecule has 0 aromatic heterocycles. The minimum Gasteiger partial charge on any atom is -0.314 e. The Kier molecular flexibility index (Phi) is 4.18. The lowest BCUT2D eigenvalue weighted by Crippen LogP contribution is -2.45. The fourth-order valence-corrected chi connectivity index (χ4v) is 2.61. The molecule has 1 rings (SSSR count). The first-order valence-electron chi connectivity index (χ1n) is 4.54. The van der Waals surface area contributed by atoms with Gasteiger partial charge in [-0.3, -0.25) is 0 Å². The first kappa shape index (κ1) is 10.2. The predicted molar refractivity (Wildman–Crippen MR) is 52.3 cm³/mol. The van der Waals surface area contributed by atoms with E-state index in [4.69, 9.17) is 0 Å². The maximum absolute atomic E-state index is 11.6. The minimum atomic E-state index is -0.743. The van der Waals surface area contributed by atoms with Crippen molar-refractivity contribution in [1.82, 2.24) is 9.62 Å². The van der Waals surface area contributed by atoms with E-state index in [0.29, 0.717) is 5.92 Å². The van der Waals surface area contributed by atoms with Gasteiger partial charge in [-0.15, -0.1) is 0 Å². The molecule has 1 aliphatic rings. The second-order valence-electron chi connectivity index (χ2n) is 3.56. The summed E-state index contributed by atoms with van der Waals surface area (Å²) in [5.41, 5.74) is 0. The van der Waals surface area contributed by atoms with E-state index in [1.165, 1.54) is 0 Å². The molecule has 1 aliphatic heterocycles. The van der Waals surface area contributed by atoms with Gasteiger partial charge in [-0.1, -0.05) is 13.8 Å². The van der Waals surface area contributed by atoms with Gasteiger partial charge in [-0.25, -0.2) is 8.51 Å². The van der Waals surface area contributed by atoms with E-state index in [2.05, 4.69) is 23.5 Å². The maximum Gasteiger partial charge on any atom is 0.0946 e. The van der Waals surface area contributed by atoms with Gasteiger partial charge in [0.2, 0.25) is 0 Å². The molecule has 0 bridgehead atoms. The van der Waals surface area contributed by atoms with Crippen molar-refractivity contribution < 1.29 is 4.21 Å². The molecule has 1 heterocycles. The van der Waals surface area contributed by atoms with E-state index in [1.54, 1.807) is 0 Å². The molecule has 0 saturated carbocycles. The van der Waals surface area contributed by atoms with Gasteiger partial charge in [0.15, 0.2) is 0 Å². The van der Waals surface area contributed by atoms with Crippen LogP contribution in [0, 0.1) is 5.92 Å². The average molecular weight is 190 g/mol. The van der Waals surface area contributed by atoms with E-state index in [9.17, 15) is 4.21 Å². The third kappa shape index (κ3) is 3.21. The van der Waals surface area contributed by atoms with Gasteiger partial charge in [-0.2, -0.15) is 0 Å². The van der Waals surface area contributed by atoms with Gasteiger partial charge >= 0.3 is 0 Å². The van der Waals surface area contributed by atoms with Crippen molar-refractivity contribution in [3.63, 3.8) is 0 Å². The first-order valence-corrected chi connectivity index (χ1v) is 5.82. The zero-order chi connectivity index (χ0) is 8.97. The van der Waals surface area contributed by atoms with E-state index in [0.717, 1.165) is 31.9 Å². The monoisotopic (exact) mass is 190 g/mol. The summed E-state index contributed by atoms with van der Waals surface area (Å²) in [4.78, 5) is 0. The summed E-state index contributed by atoms with van der Waals surface area (Å²) in [7, 11) is -0.743. The Morgan fingerprint density at radius 3 is 2.50 bits per heavy atom. The molecule has 1 saturated heterocycles. The third-order valence-electron chi connectivity index (χ3n) is 1.84. The molecule has 4 heteroatoms. The van der Waals surface area contributed by atoms with Gasteiger partial charge in [0.05, 0.1) is 11.0 Å². The van der Waals surface area contributed by atoms with Crippen molar-refractivity contribution in [3.8, 4) is 0 Å².